The van der Waals surface area contributed by atoms with Gasteiger partial charge in [0.05, 0.1) is 11.6 Å². The fourth-order valence-electron chi connectivity index (χ4n) is 2.19. The molecule has 0 N–H and O–H groups in total. The minimum absolute atomic E-state index is 0.0605. The Labute approximate surface area is 138 Å². The van der Waals surface area contributed by atoms with Gasteiger partial charge in [-0.2, -0.15) is 0 Å². The Balaban J connectivity index is 2.04. The molecule has 1 unspecified atom stereocenters. The quantitative estimate of drug-likeness (QED) is 0.796. The Bertz CT molecular complexity index is 636. The second kappa shape index (κ2) is 6.86. The van der Waals surface area contributed by atoms with Gasteiger partial charge in [0, 0.05) is 7.57 Å². The lowest BCUT2D eigenvalue weighted by atomic mass is 10.1. The number of hydrogen-bond donors (Lipinski definition) is 0. The van der Waals surface area contributed by atoms with Crippen molar-refractivity contribution in [2.45, 2.75) is 45.7 Å². The van der Waals surface area contributed by atoms with Crippen molar-refractivity contribution in [3.63, 3.8) is 0 Å². The molecule has 1 heterocycles. The highest BCUT2D eigenvalue weighted by atomic mass is 16.6. The average Bonchev–Trinajstić information content (AvgIpc) is 2.80. The van der Waals surface area contributed by atoms with E-state index in [0.717, 1.165) is 5.57 Å². The Hall–Kier alpha value is -2.30. The molecule has 5 heteroatoms. The standard InChI is InChI=1S/C18H23NO4/c1-13-10-15(19(11-13)17(21)23-18(2,3)4)12-22-16(20)14-8-6-5-7-9-14/h5-9,11,15H,10,12H2,1-4H3/i10D/t10-,15?/m1/s1. The van der Waals surface area contributed by atoms with Crippen LogP contribution in [0.2, 0.25) is 0 Å². The maximum Gasteiger partial charge on any atom is 0.414 e. The number of rotatable bonds is 3. The molecule has 0 bridgehead atoms. The highest BCUT2D eigenvalue weighted by molar-refractivity contribution is 5.89. The summed E-state index contributed by atoms with van der Waals surface area (Å²) in [5, 5.41) is 0. The fourth-order valence-corrected chi connectivity index (χ4v) is 2.19. The van der Waals surface area contributed by atoms with Crippen LogP contribution in [0.1, 0.15) is 45.8 Å². The summed E-state index contributed by atoms with van der Waals surface area (Å²) in [7, 11) is 0. The Kier molecular flexibility index (Phi) is 4.65. The molecule has 2 rings (SSSR count). The van der Waals surface area contributed by atoms with E-state index in [1.54, 1.807) is 58.2 Å². The number of ether oxygens (including phenoxy) is 2. The van der Waals surface area contributed by atoms with E-state index < -0.39 is 30.1 Å². The van der Waals surface area contributed by atoms with Gasteiger partial charge >= 0.3 is 12.1 Å². The van der Waals surface area contributed by atoms with Gasteiger partial charge in [0.25, 0.3) is 0 Å². The first-order valence-electron chi connectivity index (χ1n) is 8.11. The third-order valence-electron chi connectivity index (χ3n) is 3.15. The molecular weight excluding hydrogens is 294 g/mol. The fraction of sp³-hybridized carbons (Fsp3) is 0.444. The van der Waals surface area contributed by atoms with Gasteiger partial charge < -0.3 is 9.47 Å². The molecule has 1 aliphatic rings. The molecule has 124 valence electrons. The summed E-state index contributed by atoms with van der Waals surface area (Å²) in [4.78, 5) is 25.7. The van der Waals surface area contributed by atoms with Crippen LogP contribution >= 0.6 is 0 Å². The molecule has 1 amide bonds. The molecule has 0 spiro atoms. The topological polar surface area (TPSA) is 55.8 Å². The van der Waals surface area contributed by atoms with E-state index in [9.17, 15) is 9.59 Å². The molecule has 0 fully saturated rings. The SMILES string of the molecule is [2H][C@@H]1C(C)=CN(C(=O)OC(C)(C)C)C1COC(=O)c1ccccc1. The summed E-state index contributed by atoms with van der Waals surface area (Å²) >= 11 is 0. The normalized spacial score (nSPS) is 21.5. The Morgan fingerprint density at radius 2 is 1.96 bits per heavy atom. The average molecular weight is 318 g/mol. The minimum atomic E-state index is -0.652. The van der Waals surface area contributed by atoms with Gasteiger partial charge in [-0.05, 0) is 46.2 Å². The second-order valence-corrected chi connectivity index (χ2v) is 6.46. The van der Waals surface area contributed by atoms with Gasteiger partial charge in [0.1, 0.15) is 12.2 Å². The van der Waals surface area contributed by atoms with Crippen molar-refractivity contribution < 1.29 is 20.4 Å². The zero-order valence-electron chi connectivity index (χ0n) is 14.9. The van der Waals surface area contributed by atoms with Crippen LogP contribution in [-0.4, -0.2) is 35.2 Å². The van der Waals surface area contributed by atoms with E-state index >= 15 is 0 Å². The second-order valence-electron chi connectivity index (χ2n) is 6.46. The van der Waals surface area contributed by atoms with Gasteiger partial charge in [-0.3, -0.25) is 4.90 Å². The van der Waals surface area contributed by atoms with Crippen LogP contribution in [0.25, 0.3) is 0 Å². The van der Waals surface area contributed by atoms with E-state index in [-0.39, 0.29) is 6.61 Å². The lowest BCUT2D eigenvalue weighted by Crippen LogP contribution is -2.40. The van der Waals surface area contributed by atoms with Crippen molar-refractivity contribution in [2.24, 2.45) is 0 Å². The number of nitrogens with zero attached hydrogens (tertiary/aromatic N) is 1. The molecule has 2 atom stereocenters. The summed E-state index contributed by atoms with van der Waals surface area (Å²) in [5.74, 6) is -0.475. The number of amides is 1. The van der Waals surface area contributed by atoms with Crippen LogP contribution in [0.5, 0.6) is 0 Å². The van der Waals surface area contributed by atoms with E-state index in [1.165, 1.54) is 4.90 Å². The number of benzene rings is 1. The molecule has 0 aliphatic carbocycles. The van der Waals surface area contributed by atoms with Gasteiger partial charge in [-0.15, -0.1) is 0 Å². The van der Waals surface area contributed by atoms with Crippen molar-refractivity contribution in [3.8, 4) is 0 Å². The molecule has 0 aromatic heterocycles. The van der Waals surface area contributed by atoms with Crippen molar-refractivity contribution >= 4 is 12.1 Å². The molecule has 1 aromatic rings. The van der Waals surface area contributed by atoms with Crippen LogP contribution in [-0.2, 0) is 9.47 Å². The highest BCUT2D eigenvalue weighted by Crippen LogP contribution is 2.24. The van der Waals surface area contributed by atoms with E-state index in [2.05, 4.69) is 0 Å². The molecule has 0 saturated carbocycles. The maximum absolute atomic E-state index is 12.3. The van der Waals surface area contributed by atoms with Crippen LogP contribution < -0.4 is 0 Å². The van der Waals surface area contributed by atoms with Gasteiger partial charge in [-0.1, -0.05) is 23.8 Å². The van der Waals surface area contributed by atoms with Crippen molar-refractivity contribution in [2.75, 3.05) is 6.61 Å². The number of carbonyl (C=O) groups is 2. The summed E-state index contributed by atoms with van der Waals surface area (Å²) in [5.41, 5.74) is 0.525. The third kappa shape index (κ3) is 4.84. The predicted octanol–water partition coefficient (Wildman–Crippen LogP) is 3.76. The van der Waals surface area contributed by atoms with Crippen LogP contribution in [0.4, 0.5) is 4.79 Å². The third-order valence-corrected chi connectivity index (χ3v) is 3.15. The lowest BCUT2D eigenvalue weighted by Gasteiger charge is -2.27. The van der Waals surface area contributed by atoms with Gasteiger partial charge in [0.2, 0.25) is 0 Å². The molecule has 23 heavy (non-hydrogen) atoms. The maximum atomic E-state index is 12.3. The highest BCUT2D eigenvalue weighted by Gasteiger charge is 2.32. The summed E-state index contributed by atoms with van der Waals surface area (Å²) < 4.78 is 18.8. The molecule has 5 nitrogen and oxygen atoms in total. The first-order chi connectivity index (χ1) is 11.2. The summed E-state index contributed by atoms with van der Waals surface area (Å²) in [6.45, 7) is 7.05. The van der Waals surface area contributed by atoms with Gasteiger partial charge in [0.15, 0.2) is 0 Å². The molecular formula is C18H23NO4. The monoisotopic (exact) mass is 318 g/mol. The number of carbonyl (C=O) groups excluding carboxylic acids is 2. The van der Waals surface area contributed by atoms with Crippen LogP contribution in [0.15, 0.2) is 42.1 Å². The lowest BCUT2D eigenvalue weighted by molar-refractivity contribution is 0.0162. The molecule has 1 aliphatic heterocycles. The summed E-state index contributed by atoms with van der Waals surface area (Å²) in [6.07, 6.45) is 0.394. The number of esters is 1. The Morgan fingerprint density at radius 3 is 2.57 bits per heavy atom. The number of hydrogen-bond acceptors (Lipinski definition) is 4. The molecule has 0 saturated heterocycles. The van der Waals surface area contributed by atoms with E-state index in [4.69, 9.17) is 10.8 Å². The van der Waals surface area contributed by atoms with E-state index in [1.807, 2.05) is 6.07 Å². The predicted molar refractivity (Wildman–Crippen MR) is 87.0 cm³/mol. The zero-order chi connectivity index (χ0) is 17.9. The Morgan fingerprint density at radius 1 is 1.30 bits per heavy atom. The van der Waals surface area contributed by atoms with Gasteiger partial charge in [-0.25, -0.2) is 9.59 Å². The first-order valence-corrected chi connectivity index (χ1v) is 7.53. The van der Waals surface area contributed by atoms with E-state index in [0.29, 0.717) is 5.56 Å². The largest absolute Gasteiger partial charge is 0.460 e. The summed E-state index contributed by atoms with van der Waals surface area (Å²) in [6, 6.07) is 8.03. The van der Waals surface area contributed by atoms with Crippen molar-refractivity contribution in [3.05, 3.63) is 47.7 Å². The van der Waals surface area contributed by atoms with Crippen molar-refractivity contribution in [1.82, 2.24) is 4.90 Å². The zero-order valence-corrected chi connectivity index (χ0v) is 13.9. The van der Waals surface area contributed by atoms with Crippen LogP contribution in [0, 0.1) is 0 Å². The minimum Gasteiger partial charge on any atom is -0.460 e. The molecule has 1 aromatic carbocycles. The van der Waals surface area contributed by atoms with Crippen LogP contribution in [0.3, 0.4) is 0 Å². The smallest absolute Gasteiger partial charge is 0.414 e. The molecule has 0 radical (unpaired) electrons. The van der Waals surface area contributed by atoms with Crippen molar-refractivity contribution in [1.29, 1.82) is 0 Å². The first kappa shape index (κ1) is 15.6.